The van der Waals surface area contributed by atoms with Gasteiger partial charge in [-0.3, -0.25) is 0 Å². The zero-order valence-corrected chi connectivity index (χ0v) is 10.0. The van der Waals surface area contributed by atoms with Crippen molar-refractivity contribution in [2.24, 2.45) is 4.99 Å². The molecule has 0 radical (unpaired) electrons. The van der Waals surface area contributed by atoms with E-state index in [1.807, 2.05) is 43.3 Å². The topological polar surface area (TPSA) is 21.6 Å². The quantitative estimate of drug-likeness (QED) is 0.663. The monoisotopic (exact) mass is 243 g/mol. The molecule has 0 atom stereocenters. The zero-order chi connectivity index (χ0) is 11.8. The highest BCUT2D eigenvalue weighted by Gasteiger charge is 2.14. The van der Waals surface area contributed by atoms with Gasteiger partial charge in [-0.1, -0.05) is 23.7 Å². The van der Waals surface area contributed by atoms with E-state index >= 15 is 0 Å². The third-order valence-electron chi connectivity index (χ3n) is 2.71. The Hall–Kier alpha value is -1.80. The second-order valence-corrected chi connectivity index (χ2v) is 4.34. The number of halogens is 1. The van der Waals surface area contributed by atoms with Gasteiger partial charge in [0.05, 0.1) is 0 Å². The Balaban J connectivity index is 2.24. The predicted octanol–water partition coefficient (Wildman–Crippen LogP) is 4.59. The van der Waals surface area contributed by atoms with E-state index in [1.165, 1.54) is 0 Å². The number of para-hydroxylation sites is 1. The van der Waals surface area contributed by atoms with Crippen LogP contribution in [0.1, 0.15) is 12.5 Å². The molecular formula is C14H10ClNO. The summed E-state index contributed by atoms with van der Waals surface area (Å²) in [6.07, 6.45) is 0. The Labute approximate surface area is 105 Å². The lowest BCUT2D eigenvalue weighted by Crippen LogP contribution is -1.94. The van der Waals surface area contributed by atoms with E-state index in [2.05, 4.69) is 4.99 Å². The number of hydrogen-bond donors (Lipinski definition) is 0. The highest BCUT2D eigenvalue weighted by molar-refractivity contribution is 6.31. The molecule has 2 aromatic carbocycles. The van der Waals surface area contributed by atoms with Gasteiger partial charge in [0, 0.05) is 16.3 Å². The maximum Gasteiger partial charge on any atom is 0.153 e. The van der Waals surface area contributed by atoms with Crippen LogP contribution in [0.4, 0.5) is 5.69 Å². The van der Waals surface area contributed by atoms with E-state index in [4.69, 9.17) is 16.3 Å². The van der Waals surface area contributed by atoms with Crippen molar-refractivity contribution >= 4 is 23.0 Å². The fraction of sp³-hybridized carbons (Fsp3) is 0.0714. The molecule has 1 aliphatic heterocycles. The first kappa shape index (κ1) is 10.4. The van der Waals surface area contributed by atoms with Crippen LogP contribution in [0, 0.1) is 0 Å². The van der Waals surface area contributed by atoms with E-state index < -0.39 is 0 Å². The summed E-state index contributed by atoms with van der Waals surface area (Å²) in [7, 11) is 0. The zero-order valence-electron chi connectivity index (χ0n) is 9.27. The lowest BCUT2D eigenvalue weighted by Gasteiger charge is -2.07. The molecule has 1 aliphatic rings. The maximum atomic E-state index is 5.96. The second-order valence-electron chi connectivity index (χ2n) is 3.91. The average Bonchev–Trinajstić information content (AvgIpc) is 2.46. The summed E-state index contributed by atoms with van der Waals surface area (Å²) in [5.41, 5.74) is 2.72. The number of ether oxygens (including phenoxy) is 1. The molecule has 0 bridgehead atoms. The number of rotatable bonds is 0. The summed E-state index contributed by atoms with van der Waals surface area (Å²) in [4.78, 5) is 4.55. The molecule has 0 saturated heterocycles. The summed E-state index contributed by atoms with van der Waals surface area (Å²) in [6, 6.07) is 13.3. The Bertz CT molecular complexity index is 619. The number of fused-ring (bicyclic) bond motifs is 2. The van der Waals surface area contributed by atoms with Crippen LogP contribution in [-0.4, -0.2) is 5.71 Å². The lowest BCUT2D eigenvalue weighted by atomic mass is 10.1. The van der Waals surface area contributed by atoms with Gasteiger partial charge in [-0.2, -0.15) is 0 Å². The molecule has 0 saturated carbocycles. The van der Waals surface area contributed by atoms with Crippen molar-refractivity contribution in [2.45, 2.75) is 6.92 Å². The molecule has 2 nitrogen and oxygen atoms in total. The Morgan fingerprint density at radius 1 is 1.06 bits per heavy atom. The molecule has 0 amide bonds. The van der Waals surface area contributed by atoms with E-state index in [0.29, 0.717) is 5.02 Å². The van der Waals surface area contributed by atoms with E-state index in [-0.39, 0.29) is 0 Å². The van der Waals surface area contributed by atoms with Gasteiger partial charge >= 0.3 is 0 Å². The molecule has 0 spiro atoms. The fourth-order valence-electron chi connectivity index (χ4n) is 1.88. The van der Waals surface area contributed by atoms with Crippen molar-refractivity contribution in [3.63, 3.8) is 0 Å². The van der Waals surface area contributed by atoms with Crippen LogP contribution >= 0.6 is 11.6 Å². The van der Waals surface area contributed by atoms with Crippen molar-refractivity contribution in [1.82, 2.24) is 0 Å². The third kappa shape index (κ3) is 1.81. The van der Waals surface area contributed by atoms with Crippen LogP contribution in [0.5, 0.6) is 11.5 Å². The minimum Gasteiger partial charge on any atom is -0.454 e. The smallest absolute Gasteiger partial charge is 0.153 e. The van der Waals surface area contributed by atoms with Crippen LogP contribution < -0.4 is 4.74 Å². The molecular weight excluding hydrogens is 234 g/mol. The van der Waals surface area contributed by atoms with Crippen molar-refractivity contribution in [3.05, 3.63) is 53.1 Å². The molecule has 84 valence electrons. The highest BCUT2D eigenvalue weighted by atomic mass is 35.5. The van der Waals surface area contributed by atoms with Gasteiger partial charge in [0.15, 0.2) is 5.75 Å². The first-order valence-corrected chi connectivity index (χ1v) is 5.74. The molecule has 0 aromatic heterocycles. The Morgan fingerprint density at radius 2 is 1.88 bits per heavy atom. The first-order valence-electron chi connectivity index (χ1n) is 5.36. The minimum absolute atomic E-state index is 0.662. The van der Waals surface area contributed by atoms with Gasteiger partial charge in [-0.05, 0) is 37.3 Å². The van der Waals surface area contributed by atoms with Gasteiger partial charge in [-0.25, -0.2) is 4.99 Å². The molecule has 3 rings (SSSR count). The summed E-state index contributed by atoms with van der Waals surface area (Å²) >= 11 is 5.96. The highest BCUT2D eigenvalue weighted by Crippen LogP contribution is 2.38. The van der Waals surface area contributed by atoms with Crippen LogP contribution in [0.25, 0.3) is 0 Å². The van der Waals surface area contributed by atoms with Crippen molar-refractivity contribution in [3.8, 4) is 11.5 Å². The van der Waals surface area contributed by atoms with E-state index in [9.17, 15) is 0 Å². The standard InChI is InChI=1S/C14H10ClNO/c1-9-11-4-2-3-5-13(11)17-14-7-6-10(15)8-12(14)16-9/h2-8H,1H3. The number of aliphatic imine (C=N–C) groups is 1. The summed E-state index contributed by atoms with van der Waals surface area (Å²) < 4.78 is 5.85. The number of nitrogens with zero attached hydrogens (tertiary/aromatic N) is 1. The molecule has 3 heteroatoms. The molecule has 1 heterocycles. The van der Waals surface area contributed by atoms with Gasteiger partial charge in [0.25, 0.3) is 0 Å². The molecule has 17 heavy (non-hydrogen) atoms. The normalized spacial score (nSPS) is 12.9. The number of benzene rings is 2. The first-order chi connectivity index (χ1) is 8.24. The molecule has 0 fully saturated rings. The van der Waals surface area contributed by atoms with Crippen molar-refractivity contribution in [1.29, 1.82) is 0 Å². The van der Waals surface area contributed by atoms with Crippen LogP contribution in [0.2, 0.25) is 5.02 Å². The van der Waals surface area contributed by atoms with Crippen LogP contribution in [-0.2, 0) is 0 Å². The van der Waals surface area contributed by atoms with E-state index in [0.717, 1.165) is 28.5 Å². The Morgan fingerprint density at radius 3 is 2.76 bits per heavy atom. The SMILES string of the molecule is CC1=Nc2cc(Cl)ccc2Oc2ccccc21. The third-order valence-corrected chi connectivity index (χ3v) is 2.94. The van der Waals surface area contributed by atoms with Gasteiger partial charge < -0.3 is 4.74 Å². The molecule has 0 N–H and O–H groups in total. The summed E-state index contributed by atoms with van der Waals surface area (Å²) in [6.45, 7) is 1.97. The largest absolute Gasteiger partial charge is 0.454 e. The lowest BCUT2D eigenvalue weighted by molar-refractivity contribution is 0.485. The van der Waals surface area contributed by atoms with Gasteiger partial charge in [0.2, 0.25) is 0 Å². The Kier molecular flexibility index (Phi) is 2.37. The van der Waals surface area contributed by atoms with Crippen molar-refractivity contribution < 1.29 is 4.74 Å². The van der Waals surface area contributed by atoms with Crippen LogP contribution in [0.15, 0.2) is 47.5 Å². The van der Waals surface area contributed by atoms with E-state index in [1.54, 1.807) is 6.07 Å². The minimum atomic E-state index is 0.662. The van der Waals surface area contributed by atoms with Crippen molar-refractivity contribution in [2.75, 3.05) is 0 Å². The van der Waals surface area contributed by atoms with Crippen LogP contribution in [0.3, 0.4) is 0 Å². The molecule has 2 aromatic rings. The molecule has 0 aliphatic carbocycles. The van der Waals surface area contributed by atoms with Gasteiger partial charge in [-0.15, -0.1) is 0 Å². The summed E-state index contributed by atoms with van der Waals surface area (Å²) in [5, 5.41) is 0.662. The van der Waals surface area contributed by atoms with Gasteiger partial charge in [0.1, 0.15) is 11.4 Å². The maximum absolute atomic E-state index is 5.96. The predicted molar refractivity (Wildman–Crippen MR) is 69.8 cm³/mol. The fourth-order valence-corrected chi connectivity index (χ4v) is 2.04. The average molecular weight is 244 g/mol. The molecule has 0 unspecified atom stereocenters. The summed E-state index contributed by atoms with van der Waals surface area (Å²) in [5.74, 6) is 1.56. The number of hydrogen-bond acceptors (Lipinski definition) is 2. The second kappa shape index (κ2) is 3.90.